The zero-order valence-electron chi connectivity index (χ0n) is 8.42. The van der Waals surface area contributed by atoms with Gasteiger partial charge < -0.3 is 10.4 Å². The van der Waals surface area contributed by atoms with Crippen LogP contribution in [-0.2, 0) is 6.42 Å². The fourth-order valence-electron chi connectivity index (χ4n) is 1.55. The van der Waals surface area contributed by atoms with Crippen LogP contribution in [-0.4, -0.2) is 28.8 Å². The van der Waals surface area contributed by atoms with Gasteiger partial charge in [-0.15, -0.1) is 11.3 Å². The average Bonchev–Trinajstić information content (AvgIpc) is 2.86. The number of nitrogens with one attached hydrogen (secondary N) is 1. The molecule has 1 saturated carbocycles. The van der Waals surface area contributed by atoms with Gasteiger partial charge in [0.25, 0.3) is 0 Å². The Morgan fingerprint density at radius 1 is 1.64 bits per heavy atom. The molecule has 0 unspecified atom stereocenters. The molecule has 0 atom stereocenters. The minimum Gasteiger partial charge on any atom is -0.394 e. The lowest BCUT2D eigenvalue weighted by atomic mass is 10.2. The van der Waals surface area contributed by atoms with Crippen molar-refractivity contribution < 1.29 is 5.11 Å². The molecule has 4 heteroatoms. The van der Waals surface area contributed by atoms with E-state index in [1.165, 1.54) is 4.88 Å². The lowest BCUT2D eigenvalue weighted by Crippen LogP contribution is -2.36. The summed E-state index contributed by atoms with van der Waals surface area (Å²) in [6.45, 7) is 3.27. The Labute approximate surface area is 88.2 Å². The Morgan fingerprint density at radius 2 is 2.43 bits per heavy atom. The zero-order valence-corrected chi connectivity index (χ0v) is 9.23. The van der Waals surface area contributed by atoms with Crippen LogP contribution in [0.5, 0.6) is 0 Å². The lowest BCUT2D eigenvalue weighted by Gasteiger charge is -2.13. The first-order valence-corrected chi connectivity index (χ1v) is 5.89. The number of aromatic nitrogens is 1. The highest BCUT2D eigenvalue weighted by Gasteiger charge is 2.41. The molecule has 0 radical (unpaired) electrons. The van der Waals surface area contributed by atoms with Gasteiger partial charge in [-0.2, -0.15) is 0 Å². The molecule has 0 bridgehead atoms. The second-order valence-electron chi connectivity index (χ2n) is 3.98. The van der Waals surface area contributed by atoms with Gasteiger partial charge in [-0.05, 0) is 26.2 Å². The predicted octanol–water partition coefficient (Wildman–Crippen LogP) is 1.11. The molecule has 1 aromatic rings. The second kappa shape index (κ2) is 3.96. The van der Waals surface area contributed by atoms with Gasteiger partial charge in [-0.3, -0.25) is 0 Å². The van der Waals surface area contributed by atoms with Crippen molar-refractivity contribution in [1.82, 2.24) is 10.3 Å². The zero-order chi connectivity index (χ0) is 10.0. The van der Waals surface area contributed by atoms with Crippen LogP contribution in [0.15, 0.2) is 5.51 Å². The van der Waals surface area contributed by atoms with Crippen molar-refractivity contribution in [2.45, 2.75) is 31.7 Å². The van der Waals surface area contributed by atoms with Gasteiger partial charge in [0.2, 0.25) is 0 Å². The van der Waals surface area contributed by atoms with Crippen LogP contribution in [0.25, 0.3) is 0 Å². The molecule has 0 saturated heterocycles. The van der Waals surface area contributed by atoms with Crippen LogP contribution in [0.1, 0.15) is 23.4 Å². The number of rotatable bonds is 5. The van der Waals surface area contributed by atoms with Crippen molar-refractivity contribution in [3.8, 4) is 0 Å². The third kappa shape index (κ3) is 2.13. The van der Waals surface area contributed by atoms with E-state index in [9.17, 15) is 0 Å². The molecule has 14 heavy (non-hydrogen) atoms. The summed E-state index contributed by atoms with van der Waals surface area (Å²) in [6.07, 6.45) is 3.26. The molecular formula is C10H16N2OS. The molecule has 0 aromatic carbocycles. The number of thiazole rings is 1. The quantitative estimate of drug-likeness (QED) is 0.768. The van der Waals surface area contributed by atoms with Gasteiger partial charge >= 0.3 is 0 Å². The number of aliphatic hydroxyl groups excluding tert-OH is 1. The van der Waals surface area contributed by atoms with Crippen LogP contribution >= 0.6 is 11.3 Å². The van der Waals surface area contributed by atoms with Crippen LogP contribution in [0, 0.1) is 6.92 Å². The molecule has 2 rings (SSSR count). The Balaban J connectivity index is 1.76. The Morgan fingerprint density at radius 3 is 2.93 bits per heavy atom. The van der Waals surface area contributed by atoms with E-state index in [0.29, 0.717) is 0 Å². The van der Waals surface area contributed by atoms with Gasteiger partial charge in [-0.1, -0.05) is 0 Å². The summed E-state index contributed by atoms with van der Waals surface area (Å²) >= 11 is 1.71. The minimum atomic E-state index is 0.0680. The highest BCUT2D eigenvalue weighted by molar-refractivity contribution is 7.09. The van der Waals surface area contributed by atoms with Crippen molar-refractivity contribution in [3.63, 3.8) is 0 Å². The number of nitrogens with zero attached hydrogens (tertiary/aromatic N) is 1. The second-order valence-corrected chi connectivity index (χ2v) is 4.92. The smallest absolute Gasteiger partial charge is 0.0797 e. The molecule has 3 nitrogen and oxygen atoms in total. The first kappa shape index (κ1) is 10.1. The van der Waals surface area contributed by atoms with E-state index in [0.717, 1.165) is 31.5 Å². The van der Waals surface area contributed by atoms with E-state index >= 15 is 0 Å². The summed E-state index contributed by atoms with van der Waals surface area (Å²) in [4.78, 5) is 5.56. The van der Waals surface area contributed by atoms with Gasteiger partial charge in [0.05, 0.1) is 17.8 Å². The molecule has 1 aromatic heterocycles. The van der Waals surface area contributed by atoms with Crippen LogP contribution < -0.4 is 5.32 Å². The van der Waals surface area contributed by atoms with Gasteiger partial charge in [0.15, 0.2) is 0 Å². The first-order valence-electron chi connectivity index (χ1n) is 5.01. The summed E-state index contributed by atoms with van der Waals surface area (Å²) in [6, 6.07) is 0. The first-order chi connectivity index (χ1) is 6.76. The maximum Gasteiger partial charge on any atom is 0.0797 e. The lowest BCUT2D eigenvalue weighted by molar-refractivity contribution is 0.231. The van der Waals surface area contributed by atoms with E-state index in [2.05, 4.69) is 10.3 Å². The molecule has 0 spiro atoms. The molecule has 2 N–H and O–H groups in total. The minimum absolute atomic E-state index is 0.0680. The molecule has 1 fully saturated rings. The monoisotopic (exact) mass is 212 g/mol. The number of aryl methyl sites for hydroxylation is 1. The van der Waals surface area contributed by atoms with E-state index in [4.69, 9.17) is 5.11 Å². The highest BCUT2D eigenvalue weighted by atomic mass is 32.1. The highest BCUT2D eigenvalue weighted by Crippen LogP contribution is 2.34. The predicted molar refractivity (Wildman–Crippen MR) is 57.6 cm³/mol. The van der Waals surface area contributed by atoms with Crippen LogP contribution in [0.3, 0.4) is 0 Å². The van der Waals surface area contributed by atoms with Crippen molar-refractivity contribution in [1.29, 1.82) is 0 Å². The van der Waals surface area contributed by atoms with E-state index in [-0.39, 0.29) is 12.1 Å². The fraction of sp³-hybridized carbons (Fsp3) is 0.700. The number of hydrogen-bond donors (Lipinski definition) is 2. The third-order valence-electron chi connectivity index (χ3n) is 2.85. The third-order valence-corrected chi connectivity index (χ3v) is 3.85. The largest absolute Gasteiger partial charge is 0.394 e. The van der Waals surface area contributed by atoms with Crippen molar-refractivity contribution in [3.05, 3.63) is 16.1 Å². The van der Waals surface area contributed by atoms with Crippen LogP contribution in [0.4, 0.5) is 0 Å². The SMILES string of the molecule is Cc1ncsc1CCNC1(CO)CC1. The molecular weight excluding hydrogens is 196 g/mol. The summed E-state index contributed by atoms with van der Waals surface area (Å²) in [5.41, 5.74) is 3.10. The molecule has 78 valence electrons. The Kier molecular flexibility index (Phi) is 2.85. The molecule has 1 heterocycles. The van der Waals surface area contributed by atoms with Gasteiger partial charge in [0, 0.05) is 17.0 Å². The van der Waals surface area contributed by atoms with Crippen molar-refractivity contribution in [2.24, 2.45) is 0 Å². The van der Waals surface area contributed by atoms with E-state index in [1.54, 1.807) is 11.3 Å². The van der Waals surface area contributed by atoms with Crippen molar-refractivity contribution >= 4 is 11.3 Å². The maximum absolute atomic E-state index is 9.10. The molecule has 0 aliphatic heterocycles. The van der Waals surface area contributed by atoms with Gasteiger partial charge in [-0.25, -0.2) is 4.98 Å². The molecule has 1 aliphatic carbocycles. The molecule has 1 aliphatic rings. The summed E-state index contributed by atoms with van der Waals surface area (Å²) < 4.78 is 0. The Hall–Kier alpha value is -0.450. The number of aliphatic hydroxyl groups is 1. The average molecular weight is 212 g/mol. The summed E-state index contributed by atoms with van der Waals surface area (Å²) in [5, 5.41) is 12.5. The Bertz CT molecular complexity index is 307. The maximum atomic E-state index is 9.10. The summed E-state index contributed by atoms with van der Waals surface area (Å²) in [5.74, 6) is 0. The number of hydrogen-bond acceptors (Lipinski definition) is 4. The molecule has 0 amide bonds. The topological polar surface area (TPSA) is 45.2 Å². The fourth-order valence-corrected chi connectivity index (χ4v) is 2.33. The van der Waals surface area contributed by atoms with E-state index < -0.39 is 0 Å². The van der Waals surface area contributed by atoms with Crippen LogP contribution in [0.2, 0.25) is 0 Å². The van der Waals surface area contributed by atoms with Crippen molar-refractivity contribution in [2.75, 3.05) is 13.2 Å². The van der Waals surface area contributed by atoms with E-state index in [1.807, 2.05) is 12.4 Å². The van der Waals surface area contributed by atoms with Gasteiger partial charge in [0.1, 0.15) is 0 Å². The summed E-state index contributed by atoms with van der Waals surface area (Å²) in [7, 11) is 0. The standard InChI is InChI=1S/C10H16N2OS/c1-8-9(14-7-11-8)2-5-12-10(6-13)3-4-10/h7,12-13H,2-6H2,1H3. The normalized spacial score (nSPS) is 18.4.